The molecule has 3 aromatic rings. The molecule has 0 bridgehead atoms. The van der Waals surface area contributed by atoms with Crippen molar-refractivity contribution in [2.75, 3.05) is 13.6 Å². The van der Waals surface area contributed by atoms with Crippen LogP contribution >= 0.6 is 15.9 Å². The number of carbonyl (C=O) groups excluding carboxylic acids is 1. The number of amides is 1. The van der Waals surface area contributed by atoms with E-state index in [1.54, 1.807) is 4.90 Å². The van der Waals surface area contributed by atoms with E-state index in [1.807, 2.05) is 49.6 Å². The number of rotatable bonds is 5. The van der Waals surface area contributed by atoms with E-state index in [0.29, 0.717) is 13.0 Å². The zero-order valence-corrected chi connectivity index (χ0v) is 14.6. The van der Waals surface area contributed by atoms with Crippen molar-refractivity contribution >= 4 is 32.7 Å². The molecule has 1 N–H and O–H groups in total. The van der Waals surface area contributed by atoms with Crippen LogP contribution < -0.4 is 0 Å². The van der Waals surface area contributed by atoms with Crippen LogP contribution in [0.2, 0.25) is 0 Å². The van der Waals surface area contributed by atoms with E-state index in [9.17, 15) is 4.79 Å². The summed E-state index contributed by atoms with van der Waals surface area (Å²) >= 11 is 3.50. The van der Waals surface area contributed by atoms with Crippen LogP contribution in [-0.4, -0.2) is 29.4 Å². The Kier molecular flexibility index (Phi) is 4.82. The molecule has 118 valence electrons. The van der Waals surface area contributed by atoms with Crippen LogP contribution in [0.15, 0.2) is 59.2 Å². The van der Waals surface area contributed by atoms with E-state index in [4.69, 9.17) is 0 Å². The number of aromatic nitrogens is 1. The van der Waals surface area contributed by atoms with E-state index in [1.165, 1.54) is 10.9 Å². The zero-order valence-electron chi connectivity index (χ0n) is 13.1. The number of likely N-dealkylation sites (N-methyl/N-ethyl adjacent to an activating group) is 1. The first-order chi connectivity index (χ1) is 11.1. The minimum Gasteiger partial charge on any atom is -0.361 e. The number of aromatic amines is 1. The Bertz CT molecular complexity index is 825. The standard InChI is InChI=1S/C19H19BrN2O/c1-22(19(23)12-14-6-2-4-8-17(14)20)11-10-15-13-21-18-9-5-3-7-16(15)18/h2-9,13,21H,10-12H2,1H3. The number of hydrogen-bond donors (Lipinski definition) is 1. The molecule has 0 saturated heterocycles. The smallest absolute Gasteiger partial charge is 0.226 e. The molecule has 1 amide bonds. The van der Waals surface area contributed by atoms with Gasteiger partial charge in [-0.3, -0.25) is 4.79 Å². The lowest BCUT2D eigenvalue weighted by Crippen LogP contribution is -2.30. The maximum absolute atomic E-state index is 12.4. The van der Waals surface area contributed by atoms with Gasteiger partial charge in [0.15, 0.2) is 0 Å². The van der Waals surface area contributed by atoms with E-state index in [0.717, 1.165) is 22.0 Å². The van der Waals surface area contributed by atoms with Gasteiger partial charge in [-0.15, -0.1) is 0 Å². The Morgan fingerprint density at radius 1 is 1.09 bits per heavy atom. The predicted octanol–water partition coefficient (Wildman–Crippen LogP) is 4.17. The van der Waals surface area contributed by atoms with Gasteiger partial charge in [0.2, 0.25) is 5.91 Å². The van der Waals surface area contributed by atoms with Gasteiger partial charge in [-0.1, -0.05) is 52.3 Å². The highest BCUT2D eigenvalue weighted by Crippen LogP contribution is 2.19. The monoisotopic (exact) mass is 370 g/mol. The second-order valence-electron chi connectivity index (χ2n) is 5.69. The summed E-state index contributed by atoms with van der Waals surface area (Å²) in [6.07, 6.45) is 3.31. The first-order valence-electron chi connectivity index (χ1n) is 7.67. The van der Waals surface area contributed by atoms with Crippen LogP contribution in [0, 0.1) is 0 Å². The van der Waals surface area contributed by atoms with Gasteiger partial charge in [-0.05, 0) is 29.7 Å². The first kappa shape index (κ1) is 15.8. The summed E-state index contributed by atoms with van der Waals surface area (Å²) in [7, 11) is 1.87. The van der Waals surface area contributed by atoms with Crippen LogP contribution in [0.3, 0.4) is 0 Å². The number of halogens is 1. The molecule has 0 saturated carbocycles. The summed E-state index contributed by atoms with van der Waals surface area (Å²) in [6, 6.07) is 16.1. The number of H-pyrrole nitrogens is 1. The largest absolute Gasteiger partial charge is 0.361 e. The molecule has 1 aromatic heterocycles. The number of benzene rings is 2. The van der Waals surface area contributed by atoms with Gasteiger partial charge < -0.3 is 9.88 Å². The summed E-state index contributed by atoms with van der Waals surface area (Å²) in [5, 5.41) is 1.24. The van der Waals surface area contributed by atoms with Gasteiger partial charge in [-0.25, -0.2) is 0 Å². The molecule has 23 heavy (non-hydrogen) atoms. The fraction of sp³-hybridized carbons (Fsp3) is 0.211. The van der Waals surface area contributed by atoms with E-state index in [2.05, 4.69) is 33.0 Å². The molecule has 1 heterocycles. The van der Waals surface area contributed by atoms with Crippen molar-refractivity contribution in [2.45, 2.75) is 12.8 Å². The lowest BCUT2D eigenvalue weighted by Gasteiger charge is -2.17. The number of fused-ring (bicyclic) bond motifs is 1. The molecule has 0 spiro atoms. The van der Waals surface area contributed by atoms with Gasteiger partial charge in [0, 0.05) is 35.2 Å². The molecule has 3 rings (SSSR count). The molecule has 0 aliphatic rings. The maximum Gasteiger partial charge on any atom is 0.226 e. The van der Waals surface area contributed by atoms with Crippen LogP contribution in [-0.2, 0) is 17.6 Å². The summed E-state index contributed by atoms with van der Waals surface area (Å²) in [4.78, 5) is 17.5. The average molecular weight is 371 g/mol. The third kappa shape index (κ3) is 3.64. The van der Waals surface area contributed by atoms with Gasteiger partial charge in [0.05, 0.1) is 6.42 Å². The summed E-state index contributed by atoms with van der Waals surface area (Å²) in [5.74, 6) is 0.136. The Morgan fingerprint density at radius 3 is 2.65 bits per heavy atom. The lowest BCUT2D eigenvalue weighted by atomic mass is 10.1. The number of nitrogens with zero attached hydrogens (tertiary/aromatic N) is 1. The second-order valence-corrected chi connectivity index (χ2v) is 6.55. The SMILES string of the molecule is CN(CCc1c[nH]c2ccccc12)C(=O)Cc1ccccc1Br. The molecule has 3 nitrogen and oxygen atoms in total. The summed E-state index contributed by atoms with van der Waals surface area (Å²) in [5.41, 5.74) is 3.42. The number of hydrogen-bond acceptors (Lipinski definition) is 1. The van der Waals surface area contributed by atoms with Crippen molar-refractivity contribution < 1.29 is 4.79 Å². The van der Waals surface area contributed by atoms with Crippen LogP contribution in [0.1, 0.15) is 11.1 Å². The molecule has 0 aliphatic carbocycles. The Hall–Kier alpha value is -2.07. The van der Waals surface area contributed by atoms with Crippen molar-refractivity contribution in [2.24, 2.45) is 0 Å². The van der Waals surface area contributed by atoms with Gasteiger partial charge in [-0.2, -0.15) is 0 Å². The third-order valence-electron chi connectivity index (χ3n) is 4.12. The van der Waals surface area contributed by atoms with Crippen LogP contribution in [0.25, 0.3) is 10.9 Å². The van der Waals surface area contributed by atoms with E-state index >= 15 is 0 Å². The quantitative estimate of drug-likeness (QED) is 0.718. The van der Waals surface area contributed by atoms with Crippen molar-refractivity contribution in [1.82, 2.24) is 9.88 Å². The molecule has 0 radical (unpaired) electrons. The number of nitrogens with one attached hydrogen (secondary N) is 1. The summed E-state index contributed by atoms with van der Waals surface area (Å²) in [6.45, 7) is 0.713. The van der Waals surface area contributed by atoms with Crippen molar-refractivity contribution in [3.63, 3.8) is 0 Å². The molecule has 0 fully saturated rings. The van der Waals surface area contributed by atoms with Crippen molar-refractivity contribution in [3.8, 4) is 0 Å². The fourth-order valence-electron chi connectivity index (χ4n) is 2.69. The Morgan fingerprint density at radius 2 is 1.83 bits per heavy atom. The second kappa shape index (κ2) is 7.01. The molecule has 0 atom stereocenters. The minimum absolute atomic E-state index is 0.136. The normalized spacial score (nSPS) is 10.9. The van der Waals surface area contributed by atoms with Crippen molar-refractivity contribution in [1.29, 1.82) is 0 Å². The molecular formula is C19H19BrN2O. The molecule has 2 aromatic carbocycles. The number of para-hydroxylation sites is 1. The van der Waals surface area contributed by atoms with E-state index < -0.39 is 0 Å². The van der Waals surface area contributed by atoms with Gasteiger partial charge in [0.1, 0.15) is 0 Å². The number of carbonyl (C=O) groups is 1. The fourth-order valence-corrected chi connectivity index (χ4v) is 3.12. The Balaban J connectivity index is 1.62. The topological polar surface area (TPSA) is 36.1 Å². The van der Waals surface area contributed by atoms with Gasteiger partial charge >= 0.3 is 0 Å². The third-order valence-corrected chi connectivity index (χ3v) is 4.89. The predicted molar refractivity (Wildman–Crippen MR) is 97.5 cm³/mol. The van der Waals surface area contributed by atoms with E-state index in [-0.39, 0.29) is 5.91 Å². The van der Waals surface area contributed by atoms with Crippen molar-refractivity contribution in [3.05, 3.63) is 70.3 Å². The molecular weight excluding hydrogens is 352 g/mol. The molecule has 0 unspecified atom stereocenters. The molecule has 0 aliphatic heterocycles. The van der Waals surface area contributed by atoms with Gasteiger partial charge in [0.25, 0.3) is 0 Å². The first-order valence-corrected chi connectivity index (χ1v) is 8.47. The Labute approximate surface area is 144 Å². The minimum atomic E-state index is 0.136. The van der Waals surface area contributed by atoms with Crippen LogP contribution in [0.5, 0.6) is 0 Å². The highest BCUT2D eigenvalue weighted by Gasteiger charge is 2.12. The summed E-state index contributed by atoms with van der Waals surface area (Å²) < 4.78 is 0.985. The lowest BCUT2D eigenvalue weighted by molar-refractivity contribution is -0.129. The average Bonchev–Trinajstić information content (AvgIpc) is 2.98. The zero-order chi connectivity index (χ0) is 16.2. The highest BCUT2D eigenvalue weighted by atomic mass is 79.9. The van der Waals surface area contributed by atoms with Crippen LogP contribution in [0.4, 0.5) is 0 Å². The molecule has 4 heteroatoms. The highest BCUT2D eigenvalue weighted by molar-refractivity contribution is 9.10. The maximum atomic E-state index is 12.4.